The summed E-state index contributed by atoms with van der Waals surface area (Å²) in [4.78, 5) is 2.30. The topological polar surface area (TPSA) is 38.5 Å². The summed E-state index contributed by atoms with van der Waals surface area (Å²) >= 11 is 0. The van der Waals surface area contributed by atoms with E-state index in [1.165, 1.54) is 12.3 Å². The molecule has 1 heterocycles. The lowest BCUT2D eigenvalue weighted by molar-refractivity contribution is 0.205. The molecule has 0 spiro atoms. The van der Waals surface area contributed by atoms with Crippen molar-refractivity contribution in [2.45, 2.75) is 25.4 Å². The van der Waals surface area contributed by atoms with E-state index in [2.05, 4.69) is 11.5 Å². The predicted octanol–water partition coefficient (Wildman–Crippen LogP) is 2.27. The molecule has 3 nitrogen and oxygen atoms in total. The van der Waals surface area contributed by atoms with Gasteiger partial charge in [-0.25, -0.2) is 4.39 Å². The van der Waals surface area contributed by atoms with E-state index in [1.54, 1.807) is 6.07 Å². The second kappa shape index (κ2) is 5.98. The van der Waals surface area contributed by atoms with Crippen LogP contribution in [-0.2, 0) is 6.54 Å². The number of hydrogen-bond acceptors (Lipinski definition) is 3. The maximum atomic E-state index is 13.6. The van der Waals surface area contributed by atoms with Crippen LogP contribution in [0.2, 0.25) is 0 Å². The van der Waals surface area contributed by atoms with E-state index in [0.717, 1.165) is 38.0 Å². The molecule has 0 aromatic heterocycles. The Morgan fingerprint density at radius 1 is 1.44 bits per heavy atom. The molecule has 18 heavy (non-hydrogen) atoms. The molecule has 0 saturated carbocycles. The van der Waals surface area contributed by atoms with E-state index in [9.17, 15) is 4.39 Å². The minimum Gasteiger partial charge on any atom is -0.463 e. The zero-order valence-electron chi connectivity index (χ0n) is 10.4. The molecule has 0 atom stereocenters. The van der Waals surface area contributed by atoms with E-state index < -0.39 is 0 Å². The third-order valence-corrected chi connectivity index (χ3v) is 3.25. The van der Waals surface area contributed by atoms with Crippen LogP contribution in [0, 0.1) is 5.82 Å². The smallest absolute Gasteiger partial charge is 0.166 e. The van der Waals surface area contributed by atoms with Gasteiger partial charge in [-0.3, -0.25) is 4.90 Å². The van der Waals surface area contributed by atoms with Gasteiger partial charge in [0.2, 0.25) is 0 Å². The van der Waals surface area contributed by atoms with Crippen molar-refractivity contribution in [2.24, 2.45) is 5.73 Å². The highest BCUT2D eigenvalue weighted by Crippen LogP contribution is 2.20. The van der Waals surface area contributed by atoms with Crippen molar-refractivity contribution in [3.63, 3.8) is 0 Å². The second-order valence-corrected chi connectivity index (χ2v) is 4.66. The largest absolute Gasteiger partial charge is 0.463 e. The van der Waals surface area contributed by atoms with Gasteiger partial charge in [0.1, 0.15) is 0 Å². The average Bonchev–Trinajstić information content (AvgIpc) is 2.36. The summed E-state index contributed by atoms with van der Waals surface area (Å²) in [6, 6.07) is 5.37. The summed E-state index contributed by atoms with van der Waals surface area (Å²) in [5, 5.41) is 0. The summed E-state index contributed by atoms with van der Waals surface area (Å²) in [5.41, 5.74) is 6.81. The standard InChI is InChI=1S/C14H19FN2O/c1-2-18-14-4-3-11(9-13(14)15)10-17-7-5-12(16)6-8-17/h2-4,9,12H,1,5-8,10,16H2. The van der Waals surface area contributed by atoms with Crippen LogP contribution in [0.25, 0.3) is 0 Å². The average molecular weight is 250 g/mol. The first-order chi connectivity index (χ1) is 8.69. The Morgan fingerprint density at radius 2 is 2.17 bits per heavy atom. The minimum absolute atomic E-state index is 0.217. The van der Waals surface area contributed by atoms with Crippen LogP contribution in [0.1, 0.15) is 18.4 Å². The van der Waals surface area contributed by atoms with Crippen molar-refractivity contribution in [1.82, 2.24) is 4.90 Å². The fraction of sp³-hybridized carbons (Fsp3) is 0.429. The van der Waals surface area contributed by atoms with Crippen molar-refractivity contribution < 1.29 is 9.13 Å². The Kier molecular flexibility index (Phi) is 4.33. The molecule has 4 heteroatoms. The van der Waals surface area contributed by atoms with E-state index in [4.69, 9.17) is 10.5 Å². The summed E-state index contributed by atoms with van der Waals surface area (Å²) < 4.78 is 18.6. The van der Waals surface area contributed by atoms with Crippen LogP contribution in [-0.4, -0.2) is 24.0 Å². The highest BCUT2D eigenvalue weighted by Gasteiger charge is 2.16. The van der Waals surface area contributed by atoms with Gasteiger partial charge < -0.3 is 10.5 Å². The van der Waals surface area contributed by atoms with E-state index in [0.29, 0.717) is 6.04 Å². The summed E-state index contributed by atoms with van der Waals surface area (Å²) in [6.45, 7) is 6.13. The van der Waals surface area contributed by atoms with Gasteiger partial charge in [0.25, 0.3) is 0 Å². The molecule has 2 rings (SSSR count). The molecule has 0 unspecified atom stereocenters. The van der Waals surface area contributed by atoms with E-state index >= 15 is 0 Å². The van der Waals surface area contributed by atoms with Crippen LogP contribution in [0.5, 0.6) is 5.75 Å². The molecule has 0 amide bonds. The molecule has 2 N–H and O–H groups in total. The van der Waals surface area contributed by atoms with Gasteiger partial charge in [-0.1, -0.05) is 12.6 Å². The van der Waals surface area contributed by atoms with E-state index in [-0.39, 0.29) is 11.6 Å². The van der Waals surface area contributed by atoms with Crippen molar-refractivity contribution >= 4 is 0 Å². The number of benzene rings is 1. The third-order valence-electron chi connectivity index (χ3n) is 3.25. The van der Waals surface area contributed by atoms with Gasteiger partial charge >= 0.3 is 0 Å². The van der Waals surface area contributed by atoms with Gasteiger partial charge in [0, 0.05) is 12.6 Å². The van der Waals surface area contributed by atoms with E-state index in [1.807, 2.05) is 6.07 Å². The maximum Gasteiger partial charge on any atom is 0.166 e. The first-order valence-corrected chi connectivity index (χ1v) is 6.23. The Bertz CT molecular complexity index is 414. The molecule has 1 aromatic rings. The van der Waals surface area contributed by atoms with Crippen LogP contribution < -0.4 is 10.5 Å². The summed E-state index contributed by atoms with van der Waals surface area (Å²) in [7, 11) is 0. The molecule has 1 aromatic carbocycles. The zero-order valence-corrected chi connectivity index (χ0v) is 10.4. The number of ether oxygens (including phenoxy) is 1. The minimum atomic E-state index is -0.346. The normalized spacial score (nSPS) is 17.7. The SMILES string of the molecule is C=COc1ccc(CN2CCC(N)CC2)cc1F. The van der Waals surface area contributed by atoms with Crippen molar-refractivity contribution in [3.05, 3.63) is 42.4 Å². The molecule has 0 aliphatic carbocycles. The number of nitrogens with two attached hydrogens (primary N) is 1. The zero-order chi connectivity index (χ0) is 13.0. The first kappa shape index (κ1) is 13.1. The van der Waals surface area contributed by atoms with Crippen molar-refractivity contribution in [1.29, 1.82) is 0 Å². The lowest BCUT2D eigenvalue weighted by Crippen LogP contribution is -2.39. The first-order valence-electron chi connectivity index (χ1n) is 6.23. The number of piperidine rings is 1. The van der Waals surface area contributed by atoms with Crippen LogP contribution in [0.3, 0.4) is 0 Å². The Balaban J connectivity index is 1.97. The predicted molar refractivity (Wildman–Crippen MR) is 69.7 cm³/mol. The highest BCUT2D eigenvalue weighted by molar-refractivity contribution is 5.29. The monoisotopic (exact) mass is 250 g/mol. The van der Waals surface area contributed by atoms with Gasteiger partial charge in [-0.2, -0.15) is 0 Å². The number of hydrogen-bond donors (Lipinski definition) is 1. The van der Waals surface area contributed by atoms with Crippen LogP contribution >= 0.6 is 0 Å². The molecular weight excluding hydrogens is 231 g/mol. The molecule has 98 valence electrons. The number of halogens is 1. The second-order valence-electron chi connectivity index (χ2n) is 4.66. The molecule has 1 aliphatic rings. The maximum absolute atomic E-state index is 13.6. The van der Waals surface area contributed by atoms with Crippen LogP contribution in [0.15, 0.2) is 31.0 Å². The lowest BCUT2D eigenvalue weighted by atomic mass is 10.1. The number of rotatable bonds is 4. The fourth-order valence-corrected chi connectivity index (χ4v) is 2.20. The van der Waals surface area contributed by atoms with Gasteiger partial charge in [0.05, 0.1) is 6.26 Å². The van der Waals surface area contributed by atoms with Gasteiger partial charge in [-0.15, -0.1) is 0 Å². The Morgan fingerprint density at radius 3 is 2.78 bits per heavy atom. The van der Waals surface area contributed by atoms with Crippen molar-refractivity contribution in [3.8, 4) is 5.75 Å². The van der Waals surface area contributed by atoms with Gasteiger partial charge in [-0.05, 0) is 43.6 Å². The molecule has 1 aliphatic heterocycles. The molecule has 0 radical (unpaired) electrons. The quantitative estimate of drug-likeness (QED) is 0.833. The summed E-state index contributed by atoms with van der Waals surface area (Å²) in [5.74, 6) is -0.129. The molecule has 0 bridgehead atoms. The fourth-order valence-electron chi connectivity index (χ4n) is 2.20. The lowest BCUT2D eigenvalue weighted by Gasteiger charge is -2.30. The molecule has 1 saturated heterocycles. The molecule has 1 fully saturated rings. The number of likely N-dealkylation sites (tertiary alicyclic amines) is 1. The number of nitrogens with zero attached hydrogens (tertiary/aromatic N) is 1. The highest BCUT2D eigenvalue weighted by atomic mass is 19.1. The Labute approximate surface area is 107 Å². The van der Waals surface area contributed by atoms with Crippen LogP contribution in [0.4, 0.5) is 4.39 Å². The van der Waals surface area contributed by atoms with Gasteiger partial charge in [0.15, 0.2) is 11.6 Å². The molecular formula is C14H19FN2O. The summed E-state index contributed by atoms with van der Waals surface area (Å²) in [6.07, 6.45) is 3.25. The van der Waals surface area contributed by atoms with Crippen molar-refractivity contribution in [2.75, 3.05) is 13.1 Å². The Hall–Kier alpha value is -1.39. The third kappa shape index (κ3) is 3.31.